The predicted octanol–water partition coefficient (Wildman–Crippen LogP) is 2.38. The van der Waals surface area contributed by atoms with E-state index >= 15 is 0 Å². The first kappa shape index (κ1) is 15.7. The van der Waals surface area contributed by atoms with Gasteiger partial charge in [-0.3, -0.25) is 9.59 Å². The van der Waals surface area contributed by atoms with Crippen LogP contribution in [0.2, 0.25) is 0 Å². The Bertz CT molecular complexity index is 644. The van der Waals surface area contributed by atoms with Crippen LogP contribution in [0.4, 0.5) is 0 Å². The summed E-state index contributed by atoms with van der Waals surface area (Å²) in [7, 11) is 1.81. The quantitative estimate of drug-likeness (QED) is 0.923. The molecule has 128 valence electrons. The Morgan fingerprint density at radius 2 is 2.04 bits per heavy atom. The largest absolute Gasteiger partial charge is 0.344 e. The number of rotatable bonds is 4. The SMILES string of the molecule is CN1CC[C@H](NC(=O)[C@]2(Cc3ccccc3)C[C@H]3CC[C@H]2C3)C1=O. The number of amides is 2. The highest BCUT2D eigenvalue weighted by Crippen LogP contribution is 2.57. The number of carbonyl (C=O) groups is 2. The van der Waals surface area contributed by atoms with Crippen LogP contribution in [0.3, 0.4) is 0 Å². The van der Waals surface area contributed by atoms with Gasteiger partial charge in [0.05, 0.1) is 5.41 Å². The summed E-state index contributed by atoms with van der Waals surface area (Å²) in [6.07, 6.45) is 6.12. The van der Waals surface area contributed by atoms with Crippen molar-refractivity contribution in [3.8, 4) is 0 Å². The average Bonchev–Trinajstić information content (AvgIpc) is 3.27. The Morgan fingerprint density at radius 3 is 2.62 bits per heavy atom. The summed E-state index contributed by atoms with van der Waals surface area (Å²) in [6.45, 7) is 0.738. The molecule has 1 N–H and O–H groups in total. The van der Waals surface area contributed by atoms with E-state index in [0.29, 0.717) is 11.8 Å². The zero-order chi connectivity index (χ0) is 16.7. The lowest BCUT2D eigenvalue weighted by atomic mass is 9.68. The van der Waals surface area contributed by atoms with Crippen LogP contribution in [-0.4, -0.2) is 36.3 Å². The van der Waals surface area contributed by atoms with Gasteiger partial charge in [-0.1, -0.05) is 36.8 Å². The van der Waals surface area contributed by atoms with Crippen LogP contribution in [0.25, 0.3) is 0 Å². The summed E-state index contributed by atoms with van der Waals surface area (Å²) in [6, 6.07) is 10.0. The van der Waals surface area contributed by atoms with Crippen LogP contribution in [0.15, 0.2) is 30.3 Å². The Hall–Kier alpha value is -1.84. The number of hydrogen-bond donors (Lipinski definition) is 1. The molecule has 1 heterocycles. The van der Waals surface area contributed by atoms with Gasteiger partial charge in [0.15, 0.2) is 0 Å². The van der Waals surface area contributed by atoms with Crippen LogP contribution in [0.1, 0.15) is 37.7 Å². The van der Waals surface area contributed by atoms with E-state index < -0.39 is 0 Å². The fourth-order valence-electron chi connectivity index (χ4n) is 5.24. The molecule has 4 nitrogen and oxygen atoms in total. The second-order valence-electron chi connectivity index (χ2n) is 7.97. The van der Waals surface area contributed by atoms with Gasteiger partial charge in [-0.15, -0.1) is 0 Å². The monoisotopic (exact) mass is 326 g/mol. The van der Waals surface area contributed by atoms with E-state index in [9.17, 15) is 9.59 Å². The molecule has 2 saturated carbocycles. The average molecular weight is 326 g/mol. The van der Waals surface area contributed by atoms with Gasteiger partial charge in [-0.25, -0.2) is 0 Å². The lowest BCUT2D eigenvalue weighted by Gasteiger charge is -2.37. The maximum absolute atomic E-state index is 13.3. The molecule has 1 aliphatic heterocycles. The zero-order valence-corrected chi connectivity index (χ0v) is 14.3. The van der Waals surface area contributed by atoms with Gasteiger partial charge in [0, 0.05) is 13.6 Å². The van der Waals surface area contributed by atoms with Gasteiger partial charge in [0.25, 0.3) is 0 Å². The van der Waals surface area contributed by atoms with Gasteiger partial charge in [0.1, 0.15) is 6.04 Å². The minimum atomic E-state index is -0.325. The first-order valence-electron chi connectivity index (χ1n) is 9.18. The third kappa shape index (κ3) is 2.52. The van der Waals surface area contributed by atoms with E-state index in [-0.39, 0.29) is 23.3 Å². The third-order valence-corrected chi connectivity index (χ3v) is 6.52. The Labute approximate surface area is 143 Å². The number of fused-ring (bicyclic) bond motifs is 2. The molecule has 3 aliphatic rings. The minimum absolute atomic E-state index is 0.0568. The standard InChI is InChI=1S/C20H26N2O2/c1-22-10-9-17(18(22)23)21-19(24)20(12-14-5-3-2-4-6-14)13-15-7-8-16(20)11-15/h2-6,15-17H,7-13H2,1H3,(H,21,24)/t15-,16-,17-,20+/m0/s1. The Morgan fingerprint density at radius 1 is 1.25 bits per heavy atom. The van der Waals surface area contributed by atoms with Crippen molar-refractivity contribution >= 4 is 11.8 Å². The second kappa shape index (κ2) is 5.91. The van der Waals surface area contributed by atoms with Crippen LogP contribution >= 0.6 is 0 Å². The number of likely N-dealkylation sites (N-methyl/N-ethyl adjacent to an activating group) is 1. The first-order chi connectivity index (χ1) is 11.6. The van der Waals surface area contributed by atoms with Crippen molar-refractivity contribution in [3.63, 3.8) is 0 Å². The van der Waals surface area contributed by atoms with E-state index in [0.717, 1.165) is 32.2 Å². The number of nitrogens with zero attached hydrogens (tertiary/aromatic N) is 1. The highest BCUT2D eigenvalue weighted by molar-refractivity contribution is 5.91. The fraction of sp³-hybridized carbons (Fsp3) is 0.600. The van der Waals surface area contributed by atoms with E-state index in [2.05, 4.69) is 17.4 Å². The maximum atomic E-state index is 13.3. The number of carbonyl (C=O) groups excluding carboxylic acids is 2. The van der Waals surface area contributed by atoms with Crippen LogP contribution in [-0.2, 0) is 16.0 Å². The van der Waals surface area contributed by atoms with Crippen molar-refractivity contribution in [3.05, 3.63) is 35.9 Å². The van der Waals surface area contributed by atoms with Crippen molar-refractivity contribution in [1.29, 1.82) is 0 Å². The second-order valence-corrected chi connectivity index (χ2v) is 7.97. The van der Waals surface area contributed by atoms with Crippen LogP contribution in [0.5, 0.6) is 0 Å². The lowest BCUT2D eigenvalue weighted by molar-refractivity contribution is -0.138. The number of benzene rings is 1. The molecular formula is C20H26N2O2. The molecule has 1 aromatic rings. The maximum Gasteiger partial charge on any atom is 0.244 e. The molecule has 0 spiro atoms. The molecule has 2 aliphatic carbocycles. The molecule has 4 atom stereocenters. The van der Waals surface area contributed by atoms with Crippen molar-refractivity contribution in [1.82, 2.24) is 10.2 Å². The van der Waals surface area contributed by atoms with Gasteiger partial charge in [-0.05, 0) is 49.5 Å². The molecule has 1 saturated heterocycles. The normalized spacial score (nSPS) is 34.8. The number of likely N-dealkylation sites (tertiary alicyclic amines) is 1. The summed E-state index contributed by atoms with van der Waals surface area (Å²) in [5.41, 5.74) is 0.918. The minimum Gasteiger partial charge on any atom is -0.344 e. The molecule has 4 rings (SSSR count). The molecular weight excluding hydrogens is 300 g/mol. The van der Waals surface area contributed by atoms with Gasteiger partial charge < -0.3 is 10.2 Å². The van der Waals surface area contributed by atoms with Crippen molar-refractivity contribution in [2.24, 2.45) is 17.3 Å². The fourth-order valence-corrected chi connectivity index (χ4v) is 5.24. The summed E-state index contributed by atoms with van der Waals surface area (Å²) in [5, 5.41) is 3.12. The molecule has 24 heavy (non-hydrogen) atoms. The molecule has 2 bridgehead atoms. The molecule has 0 aromatic heterocycles. The molecule has 3 fully saturated rings. The Balaban J connectivity index is 1.57. The number of hydrogen-bond acceptors (Lipinski definition) is 2. The summed E-state index contributed by atoms with van der Waals surface area (Å²) < 4.78 is 0. The highest BCUT2D eigenvalue weighted by Gasteiger charge is 2.55. The molecule has 2 amide bonds. The summed E-state index contributed by atoms with van der Waals surface area (Å²) in [4.78, 5) is 27.2. The highest BCUT2D eigenvalue weighted by atomic mass is 16.2. The zero-order valence-electron chi connectivity index (χ0n) is 14.3. The topological polar surface area (TPSA) is 49.4 Å². The molecule has 0 radical (unpaired) electrons. The summed E-state index contributed by atoms with van der Waals surface area (Å²) in [5.74, 6) is 1.33. The summed E-state index contributed by atoms with van der Waals surface area (Å²) >= 11 is 0. The van der Waals surface area contributed by atoms with E-state index in [1.807, 2.05) is 25.2 Å². The third-order valence-electron chi connectivity index (χ3n) is 6.52. The van der Waals surface area contributed by atoms with Crippen LogP contribution < -0.4 is 5.32 Å². The molecule has 1 aromatic carbocycles. The van der Waals surface area contributed by atoms with Crippen LogP contribution in [0, 0.1) is 17.3 Å². The van der Waals surface area contributed by atoms with E-state index in [4.69, 9.17) is 0 Å². The predicted molar refractivity (Wildman–Crippen MR) is 92.2 cm³/mol. The van der Waals surface area contributed by atoms with Gasteiger partial charge >= 0.3 is 0 Å². The number of nitrogens with one attached hydrogen (secondary N) is 1. The molecule has 4 heteroatoms. The van der Waals surface area contributed by atoms with E-state index in [1.54, 1.807) is 4.90 Å². The smallest absolute Gasteiger partial charge is 0.244 e. The van der Waals surface area contributed by atoms with Gasteiger partial charge in [0.2, 0.25) is 11.8 Å². The van der Waals surface area contributed by atoms with E-state index in [1.165, 1.54) is 18.4 Å². The Kier molecular flexibility index (Phi) is 3.86. The van der Waals surface area contributed by atoms with Crippen molar-refractivity contribution in [2.75, 3.05) is 13.6 Å². The van der Waals surface area contributed by atoms with Gasteiger partial charge in [-0.2, -0.15) is 0 Å². The lowest BCUT2D eigenvalue weighted by Crippen LogP contribution is -2.51. The first-order valence-corrected chi connectivity index (χ1v) is 9.18. The van der Waals surface area contributed by atoms with Crippen molar-refractivity contribution < 1.29 is 9.59 Å². The van der Waals surface area contributed by atoms with Crippen molar-refractivity contribution in [2.45, 2.75) is 44.6 Å². The molecule has 0 unspecified atom stereocenters.